The van der Waals surface area contributed by atoms with Gasteiger partial charge in [0.1, 0.15) is 11.5 Å². The van der Waals surface area contributed by atoms with E-state index in [1.165, 1.54) is 5.56 Å². The standard InChI is InChI=1S/C23H32N2O4/c1-17(10-11-20-8-6-5-7-9-20)24-22(26)12-13-25(14-15-28-4)23(27)21-16-18(2)29-19(21)3/h5-9,16-17H,10-15H2,1-4H3,(H,24,26). The lowest BCUT2D eigenvalue weighted by molar-refractivity contribution is -0.121. The van der Waals surface area contributed by atoms with Crippen LogP contribution >= 0.6 is 0 Å². The smallest absolute Gasteiger partial charge is 0.257 e. The van der Waals surface area contributed by atoms with Crippen molar-refractivity contribution in [1.82, 2.24) is 10.2 Å². The maximum Gasteiger partial charge on any atom is 0.257 e. The van der Waals surface area contributed by atoms with Crippen LogP contribution in [0.2, 0.25) is 0 Å². The lowest BCUT2D eigenvalue weighted by Crippen LogP contribution is -2.39. The number of carbonyl (C=O) groups is 2. The molecule has 0 saturated carbocycles. The highest BCUT2D eigenvalue weighted by atomic mass is 16.5. The van der Waals surface area contributed by atoms with Crippen LogP contribution in [0.3, 0.4) is 0 Å². The third-order valence-electron chi connectivity index (χ3n) is 4.85. The van der Waals surface area contributed by atoms with Gasteiger partial charge >= 0.3 is 0 Å². The number of aryl methyl sites for hydroxylation is 3. The van der Waals surface area contributed by atoms with E-state index >= 15 is 0 Å². The summed E-state index contributed by atoms with van der Waals surface area (Å²) in [5, 5.41) is 3.03. The minimum atomic E-state index is -0.138. The molecule has 0 aliphatic rings. The molecule has 0 aliphatic heterocycles. The summed E-state index contributed by atoms with van der Waals surface area (Å²) in [7, 11) is 1.59. The number of nitrogens with zero attached hydrogens (tertiary/aromatic N) is 1. The van der Waals surface area contributed by atoms with Gasteiger partial charge in [-0.2, -0.15) is 0 Å². The van der Waals surface area contributed by atoms with Gasteiger partial charge in [-0.25, -0.2) is 0 Å². The van der Waals surface area contributed by atoms with Gasteiger partial charge in [-0.3, -0.25) is 9.59 Å². The van der Waals surface area contributed by atoms with Gasteiger partial charge in [0, 0.05) is 32.7 Å². The van der Waals surface area contributed by atoms with Gasteiger partial charge in [-0.05, 0) is 45.2 Å². The fourth-order valence-electron chi connectivity index (χ4n) is 3.21. The third-order valence-corrected chi connectivity index (χ3v) is 4.85. The van der Waals surface area contributed by atoms with Crippen molar-refractivity contribution in [2.75, 3.05) is 26.8 Å². The summed E-state index contributed by atoms with van der Waals surface area (Å²) in [4.78, 5) is 26.9. The van der Waals surface area contributed by atoms with Crippen LogP contribution in [0, 0.1) is 13.8 Å². The van der Waals surface area contributed by atoms with E-state index in [9.17, 15) is 9.59 Å². The highest BCUT2D eigenvalue weighted by molar-refractivity contribution is 5.95. The fraction of sp³-hybridized carbons (Fsp3) is 0.478. The van der Waals surface area contributed by atoms with Gasteiger partial charge in [0.15, 0.2) is 0 Å². The zero-order valence-corrected chi connectivity index (χ0v) is 17.9. The monoisotopic (exact) mass is 400 g/mol. The number of nitrogens with one attached hydrogen (secondary N) is 1. The number of carbonyl (C=O) groups excluding carboxylic acids is 2. The van der Waals surface area contributed by atoms with E-state index in [1.54, 1.807) is 25.0 Å². The Labute approximate surface area is 173 Å². The Balaban J connectivity index is 1.84. The molecule has 2 amide bonds. The summed E-state index contributed by atoms with van der Waals surface area (Å²) >= 11 is 0. The molecule has 0 saturated heterocycles. The van der Waals surface area contributed by atoms with Crippen molar-refractivity contribution in [2.24, 2.45) is 0 Å². The number of amides is 2. The Morgan fingerprint density at radius 3 is 2.52 bits per heavy atom. The van der Waals surface area contributed by atoms with Gasteiger partial charge in [0.05, 0.1) is 12.2 Å². The van der Waals surface area contributed by atoms with Crippen molar-refractivity contribution >= 4 is 11.8 Å². The Morgan fingerprint density at radius 1 is 1.17 bits per heavy atom. The van der Waals surface area contributed by atoms with Crippen LogP contribution < -0.4 is 5.32 Å². The van der Waals surface area contributed by atoms with Crippen molar-refractivity contribution in [1.29, 1.82) is 0 Å². The number of hydrogen-bond donors (Lipinski definition) is 1. The molecule has 6 heteroatoms. The van der Waals surface area contributed by atoms with Crippen molar-refractivity contribution < 1.29 is 18.7 Å². The van der Waals surface area contributed by atoms with Gasteiger partial charge in [0.25, 0.3) is 5.91 Å². The highest BCUT2D eigenvalue weighted by Gasteiger charge is 2.21. The second-order valence-corrected chi connectivity index (χ2v) is 7.35. The quantitative estimate of drug-likeness (QED) is 0.627. The molecule has 1 aromatic heterocycles. The second kappa shape index (κ2) is 11.4. The number of ether oxygens (including phenoxy) is 1. The van der Waals surface area contributed by atoms with E-state index in [1.807, 2.05) is 32.0 Å². The zero-order valence-electron chi connectivity index (χ0n) is 17.9. The average Bonchev–Trinajstić information content (AvgIpc) is 3.04. The van der Waals surface area contributed by atoms with Crippen LogP contribution in [-0.2, 0) is 16.0 Å². The molecule has 0 radical (unpaired) electrons. The Morgan fingerprint density at radius 2 is 1.90 bits per heavy atom. The van der Waals surface area contributed by atoms with Crippen molar-refractivity contribution in [2.45, 2.75) is 46.1 Å². The minimum absolute atomic E-state index is 0.0547. The Hall–Kier alpha value is -2.60. The molecule has 6 nitrogen and oxygen atoms in total. The molecular weight excluding hydrogens is 368 g/mol. The van der Waals surface area contributed by atoms with E-state index in [0.717, 1.165) is 12.8 Å². The number of furan rings is 1. The molecule has 158 valence electrons. The van der Waals surface area contributed by atoms with Crippen LogP contribution in [0.15, 0.2) is 40.8 Å². The Bertz CT molecular complexity index is 785. The van der Waals surface area contributed by atoms with Gasteiger partial charge < -0.3 is 19.4 Å². The van der Waals surface area contributed by atoms with Crippen LogP contribution in [0.5, 0.6) is 0 Å². The molecule has 0 aliphatic carbocycles. The first-order valence-electron chi connectivity index (χ1n) is 10.1. The maximum atomic E-state index is 12.9. The van der Waals surface area contributed by atoms with Gasteiger partial charge in [0.2, 0.25) is 5.91 Å². The SMILES string of the molecule is COCCN(CCC(=O)NC(C)CCc1ccccc1)C(=O)c1cc(C)oc1C. The first-order valence-corrected chi connectivity index (χ1v) is 10.1. The van der Waals surface area contributed by atoms with Crippen LogP contribution in [0.25, 0.3) is 0 Å². The molecule has 0 bridgehead atoms. The normalized spacial score (nSPS) is 11.9. The molecule has 1 N–H and O–H groups in total. The molecule has 1 unspecified atom stereocenters. The first-order chi connectivity index (χ1) is 13.9. The van der Waals surface area contributed by atoms with Gasteiger partial charge in [-0.1, -0.05) is 30.3 Å². The third kappa shape index (κ3) is 7.38. The number of methoxy groups -OCH3 is 1. The van der Waals surface area contributed by atoms with E-state index in [2.05, 4.69) is 17.4 Å². The topological polar surface area (TPSA) is 71.8 Å². The largest absolute Gasteiger partial charge is 0.466 e. The molecule has 1 atom stereocenters. The van der Waals surface area contributed by atoms with Crippen molar-refractivity contribution in [3.63, 3.8) is 0 Å². The number of benzene rings is 1. The van der Waals surface area contributed by atoms with E-state index < -0.39 is 0 Å². The predicted molar refractivity (Wildman–Crippen MR) is 113 cm³/mol. The van der Waals surface area contributed by atoms with Crippen LogP contribution in [0.4, 0.5) is 0 Å². The lowest BCUT2D eigenvalue weighted by Gasteiger charge is -2.22. The molecule has 2 aromatic rings. The minimum Gasteiger partial charge on any atom is -0.466 e. The molecule has 1 aromatic carbocycles. The molecule has 1 heterocycles. The molecule has 2 rings (SSSR count). The number of hydrogen-bond acceptors (Lipinski definition) is 4. The summed E-state index contributed by atoms with van der Waals surface area (Å²) in [5.41, 5.74) is 1.80. The van der Waals surface area contributed by atoms with E-state index in [4.69, 9.17) is 9.15 Å². The molecule has 0 fully saturated rings. The summed E-state index contributed by atoms with van der Waals surface area (Å²) in [5.74, 6) is 1.10. The second-order valence-electron chi connectivity index (χ2n) is 7.35. The predicted octanol–water partition coefficient (Wildman–Crippen LogP) is 3.51. The lowest BCUT2D eigenvalue weighted by atomic mass is 10.1. The Kier molecular flexibility index (Phi) is 8.93. The highest BCUT2D eigenvalue weighted by Crippen LogP contribution is 2.16. The van der Waals surface area contributed by atoms with E-state index in [0.29, 0.717) is 36.8 Å². The van der Waals surface area contributed by atoms with Crippen molar-refractivity contribution in [3.8, 4) is 0 Å². The molecule has 0 spiro atoms. The van der Waals surface area contributed by atoms with E-state index in [-0.39, 0.29) is 24.3 Å². The van der Waals surface area contributed by atoms with Crippen LogP contribution in [-0.4, -0.2) is 49.6 Å². The van der Waals surface area contributed by atoms with Crippen LogP contribution in [0.1, 0.15) is 47.2 Å². The maximum absolute atomic E-state index is 12.9. The summed E-state index contributed by atoms with van der Waals surface area (Å²) < 4.78 is 10.6. The summed E-state index contributed by atoms with van der Waals surface area (Å²) in [6.45, 7) is 6.77. The summed E-state index contributed by atoms with van der Waals surface area (Å²) in [6.07, 6.45) is 2.04. The van der Waals surface area contributed by atoms with Crippen molar-refractivity contribution in [3.05, 3.63) is 59.0 Å². The average molecular weight is 401 g/mol. The molecule has 29 heavy (non-hydrogen) atoms. The fourth-order valence-corrected chi connectivity index (χ4v) is 3.21. The summed E-state index contributed by atoms with van der Waals surface area (Å²) in [6, 6.07) is 12.0. The number of rotatable bonds is 11. The molecular formula is C23H32N2O4. The zero-order chi connectivity index (χ0) is 21.2. The first kappa shape index (κ1) is 22.7. The van der Waals surface area contributed by atoms with Gasteiger partial charge in [-0.15, -0.1) is 0 Å².